The molecule has 0 aromatic heterocycles. The molecule has 0 rings (SSSR count). The van der Waals surface area contributed by atoms with Crippen LogP contribution < -0.4 is 5.14 Å². The molecule has 0 amide bonds. The second kappa shape index (κ2) is 7.20. The molecule has 0 spiro atoms. The predicted molar refractivity (Wildman–Crippen MR) is 57.5 cm³/mol. The minimum atomic E-state index is -3.31. The molecule has 0 unspecified atom stereocenters. The summed E-state index contributed by atoms with van der Waals surface area (Å²) in [5.74, 6) is 0.708. The molecule has 4 nitrogen and oxygen atoms in total. The minimum Gasteiger partial charge on any atom is -0.381 e. The SMILES string of the molecule is CC(C)CCCOCCCS(N)(=O)=O. The highest BCUT2D eigenvalue weighted by Gasteiger charge is 2.01. The zero-order chi connectivity index (χ0) is 11.0. The monoisotopic (exact) mass is 223 g/mol. The molecule has 0 aliphatic carbocycles. The van der Waals surface area contributed by atoms with Gasteiger partial charge in [-0.15, -0.1) is 0 Å². The van der Waals surface area contributed by atoms with Gasteiger partial charge in [-0.25, -0.2) is 13.6 Å². The summed E-state index contributed by atoms with van der Waals surface area (Å²) in [5.41, 5.74) is 0. The maximum absolute atomic E-state index is 10.5. The van der Waals surface area contributed by atoms with Crippen molar-refractivity contribution in [2.45, 2.75) is 33.1 Å². The van der Waals surface area contributed by atoms with Gasteiger partial charge in [0, 0.05) is 13.2 Å². The van der Waals surface area contributed by atoms with Gasteiger partial charge in [-0.1, -0.05) is 13.8 Å². The second-order valence-corrected chi connectivity index (χ2v) is 5.60. The Morgan fingerprint density at radius 3 is 2.29 bits per heavy atom. The summed E-state index contributed by atoms with van der Waals surface area (Å²) in [4.78, 5) is 0. The molecule has 0 aromatic rings. The molecular formula is C9H21NO3S. The molecule has 0 aliphatic rings. The van der Waals surface area contributed by atoms with Crippen LogP contribution in [0.3, 0.4) is 0 Å². The Labute approximate surface area is 86.9 Å². The van der Waals surface area contributed by atoms with Gasteiger partial charge in [-0.3, -0.25) is 0 Å². The Kier molecular flexibility index (Phi) is 7.13. The van der Waals surface area contributed by atoms with Crippen molar-refractivity contribution in [3.05, 3.63) is 0 Å². The van der Waals surface area contributed by atoms with Crippen LogP contribution in [0.25, 0.3) is 0 Å². The molecule has 0 radical (unpaired) electrons. The predicted octanol–water partition coefficient (Wildman–Crippen LogP) is 1.12. The Bertz CT molecular complexity index is 224. The van der Waals surface area contributed by atoms with Gasteiger partial charge in [0.1, 0.15) is 0 Å². The maximum atomic E-state index is 10.5. The van der Waals surface area contributed by atoms with Crippen molar-refractivity contribution in [2.75, 3.05) is 19.0 Å². The lowest BCUT2D eigenvalue weighted by Crippen LogP contribution is -2.17. The van der Waals surface area contributed by atoms with Gasteiger partial charge in [0.05, 0.1) is 5.75 Å². The highest BCUT2D eigenvalue weighted by atomic mass is 32.2. The average Bonchev–Trinajstić information content (AvgIpc) is 2.00. The van der Waals surface area contributed by atoms with E-state index >= 15 is 0 Å². The summed E-state index contributed by atoms with van der Waals surface area (Å²) in [6.07, 6.45) is 2.67. The molecule has 5 heteroatoms. The molecule has 0 aromatic carbocycles. The summed E-state index contributed by atoms with van der Waals surface area (Å²) < 4.78 is 26.3. The number of hydrogen-bond acceptors (Lipinski definition) is 3. The van der Waals surface area contributed by atoms with Crippen molar-refractivity contribution in [3.8, 4) is 0 Å². The van der Waals surface area contributed by atoms with E-state index in [2.05, 4.69) is 13.8 Å². The van der Waals surface area contributed by atoms with Gasteiger partial charge >= 0.3 is 0 Å². The number of rotatable bonds is 8. The third kappa shape index (κ3) is 11.9. The molecule has 0 heterocycles. The highest BCUT2D eigenvalue weighted by Crippen LogP contribution is 2.03. The van der Waals surface area contributed by atoms with E-state index in [9.17, 15) is 8.42 Å². The van der Waals surface area contributed by atoms with E-state index in [-0.39, 0.29) is 5.75 Å². The first kappa shape index (κ1) is 13.9. The van der Waals surface area contributed by atoms with Crippen molar-refractivity contribution in [3.63, 3.8) is 0 Å². The summed E-state index contributed by atoms with van der Waals surface area (Å²) in [6.45, 7) is 5.53. The zero-order valence-electron chi connectivity index (χ0n) is 9.03. The van der Waals surface area contributed by atoms with Crippen LogP contribution in [0.15, 0.2) is 0 Å². The summed E-state index contributed by atoms with van der Waals surface area (Å²) in [6, 6.07) is 0. The highest BCUT2D eigenvalue weighted by molar-refractivity contribution is 7.89. The van der Waals surface area contributed by atoms with Gasteiger partial charge in [-0.05, 0) is 25.2 Å². The standard InChI is InChI=1S/C9H21NO3S/c1-9(2)5-3-6-13-7-4-8-14(10,11)12/h9H,3-8H2,1-2H3,(H2,10,11,12). The van der Waals surface area contributed by atoms with Crippen molar-refractivity contribution >= 4 is 10.0 Å². The summed E-state index contributed by atoms with van der Waals surface area (Å²) in [5, 5.41) is 4.83. The van der Waals surface area contributed by atoms with E-state index in [1.54, 1.807) is 0 Å². The van der Waals surface area contributed by atoms with Crippen LogP contribution in [-0.2, 0) is 14.8 Å². The van der Waals surface area contributed by atoms with Gasteiger partial charge < -0.3 is 4.74 Å². The van der Waals surface area contributed by atoms with Gasteiger partial charge in [0.2, 0.25) is 10.0 Å². The van der Waals surface area contributed by atoms with E-state index in [0.717, 1.165) is 12.8 Å². The van der Waals surface area contributed by atoms with Crippen LogP contribution in [0, 0.1) is 5.92 Å². The largest absolute Gasteiger partial charge is 0.381 e. The molecule has 0 atom stereocenters. The van der Waals surface area contributed by atoms with Crippen LogP contribution in [0.2, 0.25) is 0 Å². The molecule has 0 saturated carbocycles. The normalized spacial score (nSPS) is 12.3. The Morgan fingerprint density at radius 2 is 1.79 bits per heavy atom. The number of ether oxygens (including phenoxy) is 1. The first-order valence-electron chi connectivity index (χ1n) is 5.00. The fraction of sp³-hybridized carbons (Fsp3) is 1.00. The van der Waals surface area contributed by atoms with Crippen LogP contribution in [0.1, 0.15) is 33.1 Å². The Morgan fingerprint density at radius 1 is 1.21 bits per heavy atom. The summed E-state index contributed by atoms with van der Waals surface area (Å²) in [7, 11) is -3.31. The van der Waals surface area contributed by atoms with Crippen LogP contribution >= 0.6 is 0 Å². The maximum Gasteiger partial charge on any atom is 0.209 e. The van der Waals surface area contributed by atoms with E-state index in [1.165, 1.54) is 0 Å². The molecule has 2 N–H and O–H groups in total. The first-order valence-corrected chi connectivity index (χ1v) is 6.71. The van der Waals surface area contributed by atoms with Crippen LogP contribution in [0.5, 0.6) is 0 Å². The first-order chi connectivity index (χ1) is 6.42. The van der Waals surface area contributed by atoms with E-state index < -0.39 is 10.0 Å². The number of nitrogens with two attached hydrogens (primary N) is 1. The topological polar surface area (TPSA) is 69.4 Å². The van der Waals surface area contributed by atoms with Gasteiger partial charge in [0.15, 0.2) is 0 Å². The minimum absolute atomic E-state index is 0.0111. The van der Waals surface area contributed by atoms with E-state index in [1.807, 2.05) is 0 Å². The molecule has 0 saturated heterocycles. The number of hydrogen-bond donors (Lipinski definition) is 1. The van der Waals surface area contributed by atoms with Crippen molar-refractivity contribution in [1.82, 2.24) is 0 Å². The lowest BCUT2D eigenvalue weighted by atomic mass is 10.1. The molecular weight excluding hydrogens is 202 g/mol. The molecule has 0 aliphatic heterocycles. The number of primary sulfonamides is 1. The lowest BCUT2D eigenvalue weighted by molar-refractivity contribution is 0.129. The zero-order valence-corrected chi connectivity index (χ0v) is 9.85. The molecule has 0 fully saturated rings. The third-order valence-corrected chi connectivity index (χ3v) is 2.65. The average molecular weight is 223 g/mol. The molecule has 86 valence electrons. The molecule has 0 bridgehead atoms. The number of sulfonamides is 1. The van der Waals surface area contributed by atoms with Gasteiger partial charge in [-0.2, -0.15) is 0 Å². The van der Waals surface area contributed by atoms with Crippen molar-refractivity contribution in [1.29, 1.82) is 0 Å². The third-order valence-electron chi connectivity index (χ3n) is 1.79. The fourth-order valence-electron chi connectivity index (χ4n) is 1.06. The van der Waals surface area contributed by atoms with E-state index in [4.69, 9.17) is 9.88 Å². The Hall–Kier alpha value is -0.130. The smallest absolute Gasteiger partial charge is 0.209 e. The van der Waals surface area contributed by atoms with Crippen molar-refractivity contribution in [2.24, 2.45) is 11.1 Å². The Balaban J connectivity index is 3.15. The van der Waals surface area contributed by atoms with E-state index in [0.29, 0.717) is 25.6 Å². The van der Waals surface area contributed by atoms with Gasteiger partial charge in [0.25, 0.3) is 0 Å². The lowest BCUT2D eigenvalue weighted by Gasteiger charge is -2.05. The fourth-order valence-corrected chi connectivity index (χ4v) is 1.58. The second-order valence-electron chi connectivity index (χ2n) is 3.87. The quantitative estimate of drug-likeness (QED) is 0.627. The van der Waals surface area contributed by atoms with Crippen molar-refractivity contribution < 1.29 is 13.2 Å². The van der Waals surface area contributed by atoms with Crippen LogP contribution in [-0.4, -0.2) is 27.4 Å². The molecule has 14 heavy (non-hydrogen) atoms. The summed E-state index contributed by atoms with van der Waals surface area (Å²) >= 11 is 0. The van der Waals surface area contributed by atoms with Crippen LogP contribution in [0.4, 0.5) is 0 Å².